The second kappa shape index (κ2) is 6.62. The van der Waals surface area contributed by atoms with Crippen LogP contribution in [-0.4, -0.2) is 41.3 Å². The molecule has 0 unspecified atom stereocenters. The Hall–Kier alpha value is -1.66. The van der Waals surface area contributed by atoms with Gasteiger partial charge < -0.3 is 13.7 Å². The van der Waals surface area contributed by atoms with Gasteiger partial charge in [-0.3, -0.25) is 4.90 Å². The first-order valence-electron chi connectivity index (χ1n) is 7.94. The molecule has 0 saturated carbocycles. The number of nitrogens with zero attached hydrogens (tertiary/aromatic N) is 3. The minimum Gasteiger partial charge on any atom is -0.464 e. The highest BCUT2D eigenvalue weighted by molar-refractivity contribution is 5.56. The van der Waals surface area contributed by atoms with E-state index in [0.29, 0.717) is 12.5 Å². The molecule has 0 N–H and O–H groups in total. The van der Waals surface area contributed by atoms with Gasteiger partial charge in [0, 0.05) is 12.5 Å². The quantitative estimate of drug-likeness (QED) is 0.817. The summed E-state index contributed by atoms with van der Waals surface area (Å²) in [5, 5.41) is 4.10. The van der Waals surface area contributed by atoms with Crippen molar-refractivity contribution in [2.45, 2.75) is 39.7 Å². The van der Waals surface area contributed by atoms with E-state index in [2.05, 4.69) is 28.9 Å². The van der Waals surface area contributed by atoms with E-state index in [1.54, 1.807) is 0 Å². The summed E-state index contributed by atoms with van der Waals surface area (Å²) in [7, 11) is 0. The molecule has 0 aromatic carbocycles. The molecule has 0 spiro atoms. The summed E-state index contributed by atoms with van der Waals surface area (Å²) >= 11 is 0. The average molecular weight is 305 g/mol. The van der Waals surface area contributed by atoms with Crippen LogP contribution in [0.5, 0.6) is 0 Å². The van der Waals surface area contributed by atoms with Gasteiger partial charge in [0.15, 0.2) is 5.82 Å². The Morgan fingerprint density at radius 2 is 2.14 bits per heavy atom. The van der Waals surface area contributed by atoms with Crippen molar-refractivity contribution in [1.29, 1.82) is 0 Å². The average Bonchev–Trinajstić information content (AvgIpc) is 3.24. The molecule has 22 heavy (non-hydrogen) atoms. The van der Waals surface area contributed by atoms with Crippen molar-refractivity contribution >= 4 is 0 Å². The van der Waals surface area contributed by atoms with E-state index < -0.39 is 0 Å². The number of rotatable bonds is 6. The van der Waals surface area contributed by atoms with Crippen LogP contribution >= 0.6 is 0 Å². The van der Waals surface area contributed by atoms with Crippen molar-refractivity contribution in [3.63, 3.8) is 0 Å². The number of aryl methyl sites for hydroxylation is 1. The summed E-state index contributed by atoms with van der Waals surface area (Å²) in [4.78, 5) is 6.83. The van der Waals surface area contributed by atoms with Crippen LogP contribution in [0, 0.1) is 6.92 Å². The Morgan fingerprint density at radius 1 is 1.32 bits per heavy atom. The van der Waals surface area contributed by atoms with Crippen LogP contribution in [0.3, 0.4) is 0 Å². The van der Waals surface area contributed by atoms with E-state index in [1.165, 1.54) is 0 Å². The lowest BCUT2D eigenvalue weighted by Crippen LogP contribution is -2.21. The van der Waals surface area contributed by atoms with Gasteiger partial charge in [0.05, 0.1) is 18.7 Å². The molecule has 120 valence electrons. The second-order valence-electron chi connectivity index (χ2n) is 5.66. The number of ether oxygens (including phenoxy) is 1. The zero-order valence-electron chi connectivity index (χ0n) is 13.5. The van der Waals surface area contributed by atoms with Crippen LogP contribution in [0.15, 0.2) is 15.0 Å². The normalized spacial score (nSPS) is 18.5. The maximum absolute atomic E-state index is 5.84. The first kappa shape index (κ1) is 15.2. The zero-order valence-corrected chi connectivity index (χ0v) is 13.5. The largest absolute Gasteiger partial charge is 0.464 e. The van der Waals surface area contributed by atoms with E-state index in [1.807, 2.05) is 13.0 Å². The van der Waals surface area contributed by atoms with E-state index in [4.69, 9.17) is 13.7 Å². The van der Waals surface area contributed by atoms with E-state index >= 15 is 0 Å². The van der Waals surface area contributed by atoms with E-state index in [0.717, 1.165) is 55.6 Å². The second-order valence-corrected chi connectivity index (χ2v) is 5.66. The summed E-state index contributed by atoms with van der Waals surface area (Å²) < 4.78 is 16.6. The topological polar surface area (TPSA) is 64.5 Å². The fraction of sp³-hybridized carbons (Fsp3) is 0.625. The van der Waals surface area contributed by atoms with Gasteiger partial charge in [0.2, 0.25) is 0 Å². The number of furan rings is 1. The zero-order chi connectivity index (χ0) is 15.5. The SMILES string of the molecule is CCN(CC)Cc1cc(-c2nc([C@H]3CCOC3)no2)c(C)o1. The van der Waals surface area contributed by atoms with Crippen LogP contribution in [0.25, 0.3) is 11.5 Å². The van der Waals surface area contributed by atoms with E-state index in [-0.39, 0.29) is 5.92 Å². The fourth-order valence-electron chi connectivity index (χ4n) is 2.75. The molecule has 1 saturated heterocycles. The predicted octanol–water partition coefficient (Wildman–Crippen LogP) is 2.98. The van der Waals surface area contributed by atoms with Gasteiger partial charge in [-0.1, -0.05) is 19.0 Å². The Kier molecular flexibility index (Phi) is 4.59. The van der Waals surface area contributed by atoms with Crippen LogP contribution in [0.1, 0.15) is 43.5 Å². The van der Waals surface area contributed by atoms with Crippen LogP contribution in [-0.2, 0) is 11.3 Å². The summed E-state index contributed by atoms with van der Waals surface area (Å²) in [6.07, 6.45) is 0.955. The molecule has 0 aliphatic carbocycles. The van der Waals surface area contributed by atoms with Crippen molar-refractivity contribution in [3.05, 3.63) is 23.4 Å². The molecule has 1 aliphatic rings. The molecule has 6 heteroatoms. The van der Waals surface area contributed by atoms with E-state index in [9.17, 15) is 0 Å². The van der Waals surface area contributed by atoms with Gasteiger partial charge >= 0.3 is 0 Å². The molecule has 6 nitrogen and oxygen atoms in total. The smallest absolute Gasteiger partial charge is 0.261 e. The summed E-state index contributed by atoms with van der Waals surface area (Å²) in [5.74, 6) is 3.27. The summed E-state index contributed by atoms with van der Waals surface area (Å²) in [6.45, 7) is 10.5. The number of aromatic nitrogens is 2. The van der Waals surface area contributed by atoms with Gasteiger partial charge in [-0.25, -0.2) is 0 Å². The molecule has 0 bridgehead atoms. The first-order valence-corrected chi connectivity index (χ1v) is 7.94. The van der Waals surface area contributed by atoms with Crippen molar-refractivity contribution in [3.8, 4) is 11.5 Å². The highest BCUT2D eigenvalue weighted by atomic mass is 16.5. The molecule has 2 aromatic rings. The minimum atomic E-state index is 0.250. The molecule has 1 aliphatic heterocycles. The number of hydrogen-bond acceptors (Lipinski definition) is 6. The Bertz CT molecular complexity index is 610. The standard InChI is InChI=1S/C16H23N3O3/c1-4-19(5-2)9-13-8-14(11(3)21-13)16-17-15(18-22-16)12-6-7-20-10-12/h8,12H,4-7,9-10H2,1-3H3/t12-/m0/s1. The third kappa shape index (κ3) is 3.08. The molecule has 3 heterocycles. The Morgan fingerprint density at radius 3 is 2.82 bits per heavy atom. The maximum Gasteiger partial charge on any atom is 0.261 e. The molecular formula is C16H23N3O3. The fourth-order valence-corrected chi connectivity index (χ4v) is 2.75. The minimum absolute atomic E-state index is 0.250. The lowest BCUT2D eigenvalue weighted by Gasteiger charge is -2.15. The molecule has 3 rings (SSSR count). The summed E-state index contributed by atoms with van der Waals surface area (Å²) in [6, 6.07) is 2.01. The number of hydrogen-bond donors (Lipinski definition) is 0. The third-order valence-corrected chi connectivity index (χ3v) is 4.21. The van der Waals surface area contributed by atoms with Gasteiger partial charge in [-0.15, -0.1) is 0 Å². The first-order chi connectivity index (χ1) is 10.7. The highest BCUT2D eigenvalue weighted by Crippen LogP contribution is 2.29. The third-order valence-electron chi connectivity index (χ3n) is 4.21. The van der Waals surface area contributed by atoms with Gasteiger partial charge in [0.1, 0.15) is 11.5 Å². The van der Waals surface area contributed by atoms with Crippen molar-refractivity contribution in [2.24, 2.45) is 0 Å². The van der Waals surface area contributed by atoms with Gasteiger partial charge in [-0.2, -0.15) is 4.98 Å². The highest BCUT2D eigenvalue weighted by Gasteiger charge is 2.24. The van der Waals surface area contributed by atoms with Crippen molar-refractivity contribution < 1.29 is 13.7 Å². The molecule has 0 radical (unpaired) electrons. The lowest BCUT2D eigenvalue weighted by atomic mass is 10.1. The van der Waals surface area contributed by atoms with Crippen LogP contribution in [0.2, 0.25) is 0 Å². The van der Waals surface area contributed by atoms with Gasteiger partial charge in [0.25, 0.3) is 5.89 Å². The maximum atomic E-state index is 5.84. The summed E-state index contributed by atoms with van der Waals surface area (Å²) in [5.41, 5.74) is 0.889. The van der Waals surface area contributed by atoms with Crippen molar-refractivity contribution in [1.82, 2.24) is 15.0 Å². The predicted molar refractivity (Wildman–Crippen MR) is 81.5 cm³/mol. The monoisotopic (exact) mass is 305 g/mol. The molecule has 2 aromatic heterocycles. The van der Waals surface area contributed by atoms with Gasteiger partial charge in [-0.05, 0) is 32.5 Å². The molecule has 1 atom stereocenters. The Balaban J connectivity index is 1.78. The van der Waals surface area contributed by atoms with Crippen LogP contribution < -0.4 is 0 Å². The molecule has 1 fully saturated rings. The van der Waals surface area contributed by atoms with Crippen LogP contribution in [0.4, 0.5) is 0 Å². The Labute approximate surface area is 130 Å². The van der Waals surface area contributed by atoms with Crippen molar-refractivity contribution in [2.75, 3.05) is 26.3 Å². The molecular weight excluding hydrogens is 282 g/mol. The molecule has 0 amide bonds. The lowest BCUT2D eigenvalue weighted by molar-refractivity contribution is 0.192.